The van der Waals surface area contributed by atoms with Crippen LogP contribution in [0.25, 0.3) is 0 Å². The molecule has 0 aromatic carbocycles. The van der Waals surface area contributed by atoms with Crippen molar-refractivity contribution in [2.75, 3.05) is 12.3 Å². The standard InChI is InChI=1S/C15H31NO2S/c1-3-5-6-7-8-9-10-11-12-13-14-16-19(17,18)15-4-2/h4,16H,2-3,5-15H2,1H3. The Morgan fingerprint density at radius 2 is 1.37 bits per heavy atom. The van der Waals surface area contributed by atoms with Crippen molar-refractivity contribution >= 4 is 10.0 Å². The summed E-state index contributed by atoms with van der Waals surface area (Å²) in [5, 5.41) is 0. The van der Waals surface area contributed by atoms with Crippen molar-refractivity contribution in [2.24, 2.45) is 0 Å². The van der Waals surface area contributed by atoms with Crippen molar-refractivity contribution in [3.8, 4) is 0 Å². The molecule has 0 spiro atoms. The van der Waals surface area contributed by atoms with Gasteiger partial charge in [-0.3, -0.25) is 0 Å². The van der Waals surface area contributed by atoms with Crippen LogP contribution in [0.3, 0.4) is 0 Å². The van der Waals surface area contributed by atoms with E-state index in [0.717, 1.165) is 12.8 Å². The molecule has 19 heavy (non-hydrogen) atoms. The predicted octanol–water partition coefficient (Wildman–Crippen LogP) is 4.01. The van der Waals surface area contributed by atoms with Gasteiger partial charge in [0.05, 0.1) is 5.75 Å². The molecule has 4 heteroatoms. The average molecular weight is 289 g/mol. The molecule has 0 radical (unpaired) electrons. The maximum absolute atomic E-state index is 11.3. The van der Waals surface area contributed by atoms with Crippen LogP contribution in [0.2, 0.25) is 0 Å². The normalized spacial score (nSPS) is 11.6. The second-order valence-electron chi connectivity index (χ2n) is 5.15. The third kappa shape index (κ3) is 13.9. The number of hydrogen-bond acceptors (Lipinski definition) is 2. The molecular weight excluding hydrogens is 258 g/mol. The van der Waals surface area contributed by atoms with Gasteiger partial charge in [0, 0.05) is 6.54 Å². The summed E-state index contributed by atoms with van der Waals surface area (Å²) in [7, 11) is -3.11. The Bertz CT molecular complexity index is 299. The minimum atomic E-state index is -3.11. The van der Waals surface area contributed by atoms with E-state index in [-0.39, 0.29) is 5.75 Å². The first-order chi connectivity index (χ1) is 9.12. The lowest BCUT2D eigenvalue weighted by Crippen LogP contribution is -2.26. The van der Waals surface area contributed by atoms with E-state index in [1.54, 1.807) is 0 Å². The minimum Gasteiger partial charge on any atom is -0.215 e. The molecule has 0 fully saturated rings. The molecule has 0 saturated carbocycles. The molecule has 0 aliphatic heterocycles. The Labute approximate surface area is 119 Å². The Morgan fingerprint density at radius 3 is 1.84 bits per heavy atom. The van der Waals surface area contributed by atoms with Crippen LogP contribution in [0.4, 0.5) is 0 Å². The first-order valence-electron chi connectivity index (χ1n) is 7.70. The molecule has 114 valence electrons. The second kappa shape index (κ2) is 12.7. The molecule has 0 aromatic heterocycles. The zero-order valence-electron chi connectivity index (χ0n) is 12.5. The van der Waals surface area contributed by atoms with Gasteiger partial charge in [0.2, 0.25) is 10.0 Å². The first kappa shape index (κ1) is 18.7. The smallest absolute Gasteiger partial charge is 0.215 e. The molecular formula is C15H31NO2S. The molecule has 0 aliphatic rings. The molecule has 0 aliphatic carbocycles. The Balaban J connectivity index is 3.21. The fourth-order valence-electron chi connectivity index (χ4n) is 2.05. The van der Waals surface area contributed by atoms with Crippen LogP contribution in [-0.4, -0.2) is 20.7 Å². The van der Waals surface area contributed by atoms with Crippen LogP contribution in [0.1, 0.15) is 71.1 Å². The summed E-state index contributed by atoms with van der Waals surface area (Å²) in [6.07, 6.45) is 14.1. The van der Waals surface area contributed by atoms with E-state index < -0.39 is 10.0 Å². The van der Waals surface area contributed by atoms with Gasteiger partial charge in [0.25, 0.3) is 0 Å². The predicted molar refractivity (Wildman–Crippen MR) is 83.8 cm³/mol. The van der Waals surface area contributed by atoms with Crippen molar-refractivity contribution in [2.45, 2.75) is 71.1 Å². The van der Waals surface area contributed by atoms with Gasteiger partial charge in [0.1, 0.15) is 0 Å². The zero-order chi connectivity index (χ0) is 14.4. The third-order valence-corrected chi connectivity index (χ3v) is 4.51. The fourth-order valence-corrected chi connectivity index (χ4v) is 2.94. The van der Waals surface area contributed by atoms with Crippen molar-refractivity contribution in [1.29, 1.82) is 0 Å². The lowest BCUT2D eigenvalue weighted by molar-refractivity contribution is 0.549. The maximum atomic E-state index is 11.3. The van der Waals surface area contributed by atoms with Gasteiger partial charge in [-0.25, -0.2) is 13.1 Å². The van der Waals surface area contributed by atoms with E-state index in [1.807, 2.05) is 0 Å². The molecule has 0 atom stereocenters. The quantitative estimate of drug-likeness (QED) is 0.388. The van der Waals surface area contributed by atoms with E-state index in [0.29, 0.717) is 6.54 Å². The molecule has 0 amide bonds. The molecule has 0 rings (SSSR count). The lowest BCUT2D eigenvalue weighted by Gasteiger charge is -2.04. The van der Waals surface area contributed by atoms with Gasteiger partial charge in [-0.2, -0.15) is 0 Å². The second-order valence-corrected chi connectivity index (χ2v) is 7.00. The summed E-state index contributed by atoms with van der Waals surface area (Å²) in [5.74, 6) is 0.0186. The number of nitrogens with one attached hydrogen (secondary N) is 1. The van der Waals surface area contributed by atoms with Gasteiger partial charge >= 0.3 is 0 Å². The minimum absolute atomic E-state index is 0.0186. The summed E-state index contributed by atoms with van der Waals surface area (Å²) in [6, 6.07) is 0. The topological polar surface area (TPSA) is 46.2 Å². The highest BCUT2D eigenvalue weighted by Crippen LogP contribution is 2.10. The third-order valence-electron chi connectivity index (χ3n) is 3.19. The van der Waals surface area contributed by atoms with Gasteiger partial charge in [-0.1, -0.05) is 70.8 Å². The van der Waals surface area contributed by atoms with E-state index in [4.69, 9.17) is 0 Å². The Kier molecular flexibility index (Phi) is 12.4. The molecule has 0 saturated heterocycles. The van der Waals surface area contributed by atoms with E-state index in [2.05, 4.69) is 18.2 Å². The van der Waals surface area contributed by atoms with Crippen molar-refractivity contribution in [3.05, 3.63) is 12.7 Å². The van der Waals surface area contributed by atoms with Gasteiger partial charge < -0.3 is 0 Å². The molecule has 1 N–H and O–H groups in total. The fraction of sp³-hybridized carbons (Fsp3) is 0.867. The van der Waals surface area contributed by atoms with E-state index in [9.17, 15) is 8.42 Å². The van der Waals surface area contributed by atoms with Crippen molar-refractivity contribution in [3.63, 3.8) is 0 Å². The molecule has 0 bridgehead atoms. The summed E-state index contributed by atoms with van der Waals surface area (Å²) in [5.41, 5.74) is 0. The Morgan fingerprint density at radius 1 is 0.895 bits per heavy atom. The summed E-state index contributed by atoms with van der Waals surface area (Å²) in [6.45, 7) is 6.23. The molecule has 3 nitrogen and oxygen atoms in total. The average Bonchev–Trinajstić information content (AvgIpc) is 2.36. The van der Waals surface area contributed by atoms with E-state index >= 15 is 0 Å². The van der Waals surface area contributed by atoms with E-state index in [1.165, 1.54) is 57.4 Å². The zero-order valence-corrected chi connectivity index (χ0v) is 13.3. The lowest BCUT2D eigenvalue weighted by atomic mass is 10.1. The van der Waals surface area contributed by atoms with Crippen LogP contribution in [0.15, 0.2) is 12.7 Å². The highest BCUT2D eigenvalue weighted by atomic mass is 32.2. The number of rotatable bonds is 14. The summed E-state index contributed by atoms with van der Waals surface area (Å²) >= 11 is 0. The van der Waals surface area contributed by atoms with Gasteiger partial charge in [-0.05, 0) is 6.42 Å². The highest BCUT2D eigenvalue weighted by molar-refractivity contribution is 7.89. The van der Waals surface area contributed by atoms with Crippen LogP contribution in [0.5, 0.6) is 0 Å². The van der Waals surface area contributed by atoms with Crippen LogP contribution in [-0.2, 0) is 10.0 Å². The SMILES string of the molecule is C=CCS(=O)(=O)NCCCCCCCCCCCC. The van der Waals surface area contributed by atoms with Gasteiger partial charge in [0.15, 0.2) is 0 Å². The molecule has 0 unspecified atom stereocenters. The number of unbranched alkanes of at least 4 members (excludes halogenated alkanes) is 9. The number of hydrogen-bond donors (Lipinski definition) is 1. The Hall–Kier alpha value is -0.350. The molecule has 0 aromatic rings. The maximum Gasteiger partial charge on any atom is 0.215 e. The highest BCUT2D eigenvalue weighted by Gasteiger charge is 2.05. The van der Waals surface area contributed by atoms with Crippen molar-refractivity contribution < 1.29 is 8.42 Å². The summed E-state index contributed by atoms with van der Waals surface area (Å²) in [4.78, 5) is 0. The van der Waals surface area contributed by atoms with Crippen LogP contribution < -0.4 is 4.72 Å². The van der Waals surface area contributed by atoms with Crippen molar-refractivity contribution in [1.82, 2.24) is 4.72 Å². The first-order valence-corrected chi connectivity index (χ1v) is 9.36. The van der Waals surface area contributed by atoms with Crippen LogP contribution in [0, 0.1) is 0 Å². The largest absolute Gasteiger partial charge is 0.215 e. The van der Waals surface area contributed by atoms with Crippen LogP contribution >= 0.6 is 0 Å². The van der Waals surface area contributed by atoms with Gasteiger partial charge in [-0.15, -0.1) is 6.58 Å². The molecule has 0 heterocycles. The number of sulfonamides is 1. The summed E-state index contributed by atoms with van der Waals surface area (Å²) < 4.78 is 25.2. The monoisotopic (exact) mass is 289 g/mol.